The Labute approximate surface area is 148 Å². The Balaban J connectivity index is 1.69. The molecule has 0 aliphatic carbocycles. The summed E-state index contributed by atoms with van der Waals surface area (Å²) in [5.41, 5.74) is 1.70. The van der Waals surface area contributed by atoms with E-state index in [1.165, 1.54) is 6.07 Å². The number of carbonyl (C=O) groups excluding carboxylic acids is 2. The van der Waals surface area contributed by atoms with Crippen molar-refractivity contribution in [3.05, 3.63) is 52.9 Å². The molecule has 3 amide bonds. The van der Waals surface area contributed by atoms with Crippen molar-refractivity contribution >= 4 is 17.6 Å². The van der Waals surface area contributed by atoms with E-state index in [9.17, 15) is 18.4 Å². The summed E-state index contributed by atoms with van der Waals surface area (Å²) in [6.07, 6.45) is 1.55. The molecule has 1 aliphatic heterocycles. The minimum atomic E-state index is -1.03. The first-order valence-corrected chi connectivity index (χ1v) is 7.97. The molecule has 1 atom stereocenters. The lowest BCUT2D eigenvalue weighted by molar-refractivity contribution is -0.122. The number of urea groups is 1. The van der Waals surface area contributed by atoms with Crippen LogP contribution >= 0.6 is 0 Å². The van der Waals surface area contributed by atoms with Crippen LogP contribution in [-0.4, -0.2) is 33.6 Å². The van der Waals surface area contributed by atoms with E-state index in [0.717, 1.165) is 16.5 Å². The van der Waals surface area contributed by atoms with Crippen LogP contribution in [0.2, 0.25) is 0 Å². The number of hydrogen-bond donors (Lipinski definition) is 2. The smallest absolute Gasteiger partial charge is 0.322 e. The van der Waals surface area contributed by atoms with Gasteiger partial charge in [0.2, 0.25) is 5.91 Å². The van der Waals surface area contributed by atoms with Crippen LogP contribution in [0.15, 0.2) is 24.4 Å². The second-order valence-electron chi connectivity index (χ2n) is 6.06. The maximum absolute atomic E-state index is 13.9. The lowest BCUT2D eigenvalue weighted by Gasteiger charge is -2.29. The van der Waals surface area contributed by atoms with Crippen molar-refractivity contribution in [1.29, 1.82) is 0 Å². The molecule has 0 fully saturated rings. The maximum Gasteiger partial charge on any atom is 0.322 e. The van der Waals surface area contributed by atoms with Crippen molar-refractivity contribution in [2.45, 2.75) is 26.4 Å². The number of aryl methyl sites for hydroxylation is 1. The zero-order valence-corrected chi connectivity index (χ0v) is 14.2. The van der Waals surface area contributed by atoms with Gasteiger partial charge in [-0.25, -0.2) is 13.6 Å². The predicted octanol–water partition coefficient (Wildman–Crippen LogP) is 2.29. The Morgan fingerprint density at radius 1 is 1.38 bits per heavy atom. The summed E-state index contributed by atoms with van der Waals surface area (Å²) in [4.78, 5) is 25.5. The van der Waals surface area contributed by atoms with Crippen LogP contribution in [-0.2, 0) is 11.3 Å². The fourth-order valence-electron chi connectivity index (χ4n) is 2.81. The number of carbonyl (C=O) groups is 2. The molecular formula is C17H17F2N5O2. The molecule has 0 saturated carbocycles. The Hall–Kier alpha value is -3.10. The highest BCUT2D eigenvalue weighted by molar-refractivity contribution is 5.94. The van der Waals surface area contributed by atoms with Crippen molar-refractivity contribution in [2.24, 2.45) is 0 Å². The van der Waals surface area contributed by atoms with Crippen LogP contribution in [0.25, 0.3) is 0 Å². The number of halogens is 2. The molecule has 26 heavy (non-hydrogen) atoms. The van der Waals surface area contributed by atoms with Crippen LogP contribution in [0.5, 0.6) is 0 Å². The number of anilines is 1. The van der Waals surface area contributed by atoms with Gasteiger partial charge in [-0.1, -0.05) is 0 Å². The molecule has 1 aromatic heterocycles. The van der Waals surface area contributed by atoms with Crippen molar-refractivity contribution in [3.63, 3.8) is 0 Å². The minimum Gasteiger partial charge on any atom is -0.346 e. The van der Waals surface area contributed by atoms with Gasteiger partial charge in [0.25, 0.3) is 0 Å². The standard InChI is InChI=1S/C17H17F2N5O2/c1-9-5-6-20-23-16(9)10(2)21-14(25)8-24-7-11-13(22-17(24)26)4-3-12(18)15(11)19/h3-6,10H,7-8H2,1-2H3,(H,21,25)(H,22,26). The number of fused-ring (bicyclic) bond motifs is 1. The number of nitrogens with one attached hydrogen (secondary N) is 2. The molecular weight excluding hydrogens is 344 g/mol. The van der Waals surface area contributed by atoms with Crippen LogP contribution in [0, 0.1) is 18.6 Å². The largest absolute Gasteiger partial charge is 0.346 e. The van der Waals surface area contributed by atoms with Crippen molar-refractivity contribution in [3.8, 4) is 0 Å². The molecule has 1 aliphatic rings. The fraction of sp³-hybridized carbons (Fsp3) is 0.294. The van der Waals surface area contributed by atoms with Crippen LogP contribution < -0.4 is 10.6 Å². The maximum atomic E-state index is 13.9. The summed E-state index contributed by atoms with van der Waals surface area (Å²) < 4.78 is 27.3. The number of amides is 3. The number of benzene rings is 1. The third-order valence-corrected chi connectivity index (χ3v) is 4.16. The van der Waals surface area contributed by atoms with Gasteiger partial charge in [0, 0.05) is 11.8 Å². The van der Waals surface area contributed by atoms with E-state index in [1.807, 2.05) is 6.92 Å². The summed E-state index contributed by atoms with van der Waals surface area (Å²) in [6, 6.07) is 3.05. The molecule has 1 unspecified atom stereocenters. The monoisotopic (exact) mass is 361 g/mol. The Morgan fingerprint density at radius 2 is 2.15 bits per heavy atom. The van der Waals surface area contributed by atoms with Gasteiger partial charge in [0.05, 0.1) is 24.0 Å². The molecule has 0 radical (unpaired) electrons. The van der Waals surface area contributed by atoms with E-state index in [4.69, 9.17) is 0 Å². The average molecular weight is 361 g/mol. The SMILES string of the molecule is Cc1ccnnc1C(C)NC(=O)CN1Cc2c(ccc(F)c2F)NC1=O. The van der Waals surface area contributed by atoms with Crippen LogP contribution in [0.1, 0.15) is 29.8 Å². The van der Waals surface area contributed by atoms with Gasteiger partial charge in [-0.15, -0.1) is 0 Å². The Bertz CT molecular complexity index is 874. The predicted molar refractivity (Wildman–Crippen MR) is 89.1 cm³/mol. The highest BCUT2D eigenvalue weighted by atomic mass is 19.2. The summed E-state index contributed by atoms with van der Waals surface area (Å²) in [5, 5.41) is 13.0. The van der Waals surface area contributed by atoms with Crippen molar-refractivity contribution in [2.75, 3.05) is 11.9 Å². The molecule has 3 rings (SSSR count). The second-order valence-corrected chi connectivity index (χ2v) is 6.06. The minimum absolute atomic E-state index is 0.00946. The molecule has 136 valence electrons. The van der Waals surface area contributed by atoms with Gasteiger partial charge in [0.15, 0.2) is 11.6 Å². The quantitative estimate of drug-likeness (QED) is 0.875. The summed E-state index contributed by atoms with van der Waals surface area (Å²) in [7, 11) is 0. The van der Waals surface area contributed by atoms with Gasteiger partial charge in [-0.2, -0.15) is 10.2 Å². The van der Waals surface area contributed by atoms with Crippen LogP contribution in [0.3, 0.4) is 0 Å². The van der Waals surface area contributed by atoms with Gasteiger partial charge >= 0.3 is 6.03 Å². The summed E-state index contributed by atoms with van der Waals surface area (Å²) in [5.74, 6) is -2.48. The van der Waals surface area contributed by atoms with Crippen molar-refractivity contribution in [1.82, 2.24) is 20.4 Å². The highest BCUT2D eigenvalue weighted by Crippen LogP contribution is 2.27. The first-order chi connectivity index (χ1) is 12.4. The van der Waals surface area contributed by atoms with Gasteiger partial charge in [-0.05, 0) is 37.6 Å². The van der Waals surface area contributed by atoms with E-state index in [2.05, 4.69) is 20.8 Å². The van der Waals surface area contributed by atoms with E-state index in [0.29, 0.717) is 5.69 Å². The summed E-state index contributed by atoms with van der Waals surface area (Å²) in [6.45, 7) is 3.09. The Morgan fingerprint density at radius 3 is 2.88 bits per heavy atom. The van der Waals surface area contributed by atoms with E-state index in [1.54, 1.807) is 19.2 Å². The lowest BCUT2D eigenvalue weighted by Crippen LogP contribution is -2.45. The number of nitrogens with zero attached hydrogens (tertiary/aromatic N) is 3. The molecule has 0 saturated heterocycles. The number of rotatable bonds is 4. The summed E-state index contributed by atoms with van der Waals surface area (Å²) >= 11 is 0. The number of aromatic nitrogens is 2. The molecule has 9 heteroatoms. The molecule has 2 N–H and O–H groups in total. The molecule has 2 heterocycles. The fourth-order valence-corrected chi connectivity index (χ4v) is 2.81. The highest BCUT2D eigenvalue weighted by Gasteiger charge is 2.28. The molecule has 7 nitrogen and oxygen atoms in total. The second kappa shape index (κ2) is 7.03. The first-order valence-electron chi connectivity index (χ1n) is 7.97. The van der Waals surface area contributed by atoms with E-state index < -0.39 is 29.6 Å². The van der Waals surface area contributed by atoms with Gasteiger partial charge in [-0.3, -0.25) is 4.79 Å². The van der Waals surface area contributed by atoms with Crippen LogP contribution in [0.4, 0.5) is 19.3 Å². The lowest BCUT2D eigenvalue weighted by atomic mass is 10.1. The van der Waals surface area contributed by atoms with E-state index >= 15 is 0 Å². The third-order valence-electron chi connectivity index (χ3n) is 4.16. The molecule has 2 aromatic rings. The van der Waals surface area contributed by atoms with Gasteiger partial charge in [0.1, 0.15) is 6.54 Å². The Kier molecular flexibility index (Phi) is 4.79. The molecule has 0 bridgehead atoms. The average Bonchev–Trinajstić information content (AvgIpc) is 2.60. The molecule has 1 aromatic carbocycles. The third kappa shape index (κ3) is 3.46. The topological polar surface area (TPSA) is 87.2 Å². The van der Waals surface area contributed by atoms with E-state index in [-0.39, 0.29) is 24.3 Å². The first kappa shape index (κ1) is 17.7. The number of hydrogen-bond acceptors (Lipinski definition) is 4. The van der Waals surface area contributed by atoms with Gasteiger partial charge < -0.3 is 15.5 Å². The zero-order chi connectivity index (χ0) is 18.8. The zero-order valence-electron chi connectivity index (χ0n) is 14.2. The molecule has 0 spiro atoms. The normalized spacial score (nSPS) is 14.5. The van der Waals surface area contributed by atoms with Crippen molar-refractivity contribution < 1.29 is 18.4 Å².